The van der Waals surface area contributed by atoms with E-state index in [0.29, 0.717) is 27.1 Å². The topological polar surface area (TPSA) is 102 Å². The molecule has 2 heterocycles. The molecule has 7 nitrogen and oxygen atoms in total. The first-order chi connectivity index (χ1) is 9.69. The highest BCUT2D eigenvalue weighted by Crippen LogP contribution is 2.33. The third kappa shape index (κ3) is 2.34. The highest BCUT2D eigenvalue weighted by atomic mass is 35.5. The molecule has 0 aliphatic heterocycles. The Hall–Kier alpha value is -1.74. The monoisotopic (exact) mass is 327 g/mol. The number of hydrazine groups is 1. The van der Waals surface area contributed by atoms with Gasteiger partial charge in [0.05, 0.1) is 28.6 Å². The number of hydrogen-bond donors (Lipinski definition) is 3. The van der Waals surface area contributed by atoms with Crippen LogP contribution in [0.5, 0.6) is 0 Å². The lowest BCUT2D eigenvalue weighted by atomic mass is 10.2. The van der Waals surface area contributed by atoms with Crippen LogP contribution in [0.1, 0.15) is 0 Å². The number of hydrogen-bond acceptors (Lipinski definition) is 8. The molecule has 0 radical (unpaired) electrons. The van der Waals surface area contributed by atoms with E-state index in [2.05, 4.69) is 29.5 Å². The fourth-order valence-corrected chi connectivity index (χ4v) is 2.47. The lowest BCUT2D eigenvalue weighted by molar-refractivity contribution is 1.12. The molecular weight excluding hydrogens is 321 g/mol. The molecule has 20 heavy (non-hydrogen) atoms. The molecule has 10 heteroatoms. The van der Waals surface area contributed by atoms with E-state index < -0.39 is 0 Å². The van der Waals surface area contributed by atoms with Gasteiger partial charge in [-0.2, -0.15) is 13.7 Å². The van der Waals surface area contributed by atoms with Gasteiger partial charge in [0, 0.05) is 0 Å². The van der Waals surface area contributed by atoms with Gasteiger partial charge in [0.2, 0.25) is 5.95 Å². The summed E-state index contributed by atoms with van der Waals surface area (Å²) in [6, 6.07) is 3.52. The van der Waals surface area contributed by atoms with Crippen molar-refractivity contribution in [1.82, 2.24) is 18.7 Å². The summed E-state index contributed by atoms with van der Waals surface area (Å²) in [7, 11) is 0. The molecule has 1 aromatic carbocycles. The van der Waals surface area contributed by atoms with Gasteiger partial charge in [-0.15, -0.1) is 0 Å². The Kier molecular flexibility index (Phi) is 3.53. The van der Waals surface area contributed by atoms with Crippen molar-refractivity contribution in [3.05, 3.63) is 28.4 Å². The van der Waals surface area contributed by atoms with E-state index in [1.54, 1.807) is 12.1 Å². The van der Waals surface area contributed by atoms with Gasteiger partial charge in [-0.05, 0) is 12.1 Å². The Bertz CT molecular complexity index is 775. The number of nitrogens with two attached hydrogens (primary N) is 1. The van der Waals surface area contributed by atoms with Crippen LogP contribution in [0, 0.1) is 0 Å². The molecule has 2 aromatic heterocycles. The Morgan fingerprint density at radius 3 is 2.80 bits per heavy atom. The molecule has 102 valence electrons. The van der Waals surface area contributed by atoms with Crippen molar-refractivity contribution in [3.63, 3.8) is 0 Å². The van der Waals surface area contributed by atoms with Gasteiger partial charge in [0.25, 0.3) is 0 Å². The molecule has 0 fully saturated rings. The molecule has 0 saturated carbocycles. The fraction of sp³-hybridized carbons (Fsp3) is 0. The summed E-state index contributed by atoms with van der Waals surface area (Å²) in [6.07, 6.45) is 1.43. The van der Waals surface area contributed by atoms with Crippen molar-refractivity contribution in [2.45, 2.75) is 0 Å². The summed E-state index contributed by atoms with van der Waals surface area (Å²) in [5, 5.41) is 3.86. The average molecular weight is 328 g/mol. The van der Waals surface area contributed by atoms with Gasteiger partial charge in [-0.1, -0.05) is 23.2 Å². The van der Waals surface area contributed by atoms with E-state index in [1.165, 1.54) is 6.20 Å². The summed E-state index contributed by atoms with van der Waals surface area (Å²) < 4.78 is 8.36. The first-order valence-electron chi connectivity index (χ1n) is 5.36. The zero-order valence-corrected chi connectivity index (χ0v) is 12.1. The quantitative estimate of drug-likeness (QED) is 0.502. The Morgan fingerprint density at radius 2 is 2.00 bits per heavy atom. The number of nitrogens with one attached hydrogen (secondary N) is 2. The van der Waals surface area contributed by atoms with E-state index in [4.69, 9.17) is 29.0 Å². The van der Waals surface area contributed by atoms with Gasteiger partial charge < -0.3 is 5.32 Å². The minimum absolute atomic E-state index is 0.233. The molecule has 0 bridgehead atoms. The summed E-state index contributed by atoms with van der Waals surface area (Å²) in [5.74, 6) is 5.88. The van der Waals surface area contributed by atoms with Crippen LogP contribution in [-0.4, -0.2) is 18.7 Å². The van der Waals surface area contributed by atoms with Gasteiger partial charge in [-0.25, -0.2) is 10.8 Å². The van der Waals surface area contributed by atoms with Gasteiger partial charge in [-0.3, -0.25) is 5.43 Å². The molecular formula is C10H7Cl2N7S. The molecule has 4 N–H and O–H groups in total. The summed E-state index contributed by atoms with van der Waals surface area (Å²) in [5.41, 5.74) is 4.32. The molecule has 0 atom stereocenters. The molecule has 0 spiro atoms. The normalized spacial score (nSPS) is 10.8. The SMILES string of the molecule is NNc1ncc(Cl)c(Nc2c(Cl)ccc3nsnc23)n1. The number of benzene rings is 1. The lowest BCUT2D eigenvalue weighted by Gasteiger charge is -2.10. The zero-order valence-electron chi connectivity index (χ0n) is 9.76. The highest BCUT2D eigenvalue weighted by Gasteiger charge is 2.13. The van der Waals surface area contributed by atoms with Gasteiger partial charge in [0.15, 0.2) is 5.82 Å². The molecule has 3 rings (SSSR count). The van der Waals surface area contributed by atoms with E-state index in [9.17, 15) is 0 Å². The lowest BCUT2D eigenvalue weighted by Crippen LogP contribution is -2.11. The molecule has 0 aliphatic rings. The van der Waals surface area contributed by atoms with E-state index in [0.717, 1.165) is 17.2 Å². The smallest absolute Gasteiger partial charge is 0.239 e. The Morgan fingerprint density at radius 1 is 1.15 bits per heavy atom. The number of fused-ring (bicyclic) bond motifs is 1. The van der Waals surface area contributed by atoms with Crippen molar-refractivity contribution in [2.24, 2.45) is 5.84 Å². The minimum Gasteiger partial charge on any atom is -0.336 e. The standard InChI is InChI=1S/C10H7Cl2N7S/c11-4-1-2-6-8(19-20-18-6)7(4)15-9-5(12)3-14-10(16-9)17-13/h1-3H,13H2,(H2,14,15,16,17). The molecule has 3 aromatic rings. The number of rotatable bonds is 3. The van der Waals surface area contributed by atoms with Crippen molar-refractivity contribution in [2.75, 3.05) is 10.7 Å². The largest absolute Gasteiger partial charge is 0.336 e. The maximum absolute atomic E-state index is 6.18. The second-order valence-corrected chi connectivity index (χ2v) is 5.06. The van der Waals surface area contributed by atoms with Crippen LogP contribution in [-0.2, 0) is 0 Å². The maximum atomic E-state index is 6.18. The van der Waals surface area contributed by atoms with Crippen LogP contribution in [0.15, 0.2) is 18.3 Å². The van der Waals surface area contributed by atoms with Crippen LogP contribution in [0.3, 0.4) is 0 Å². The predicted molar refractivity (Wildman–Crippen MR) is 80.6 cm³/mol. The Labute approximate surface area is 127 Å². The first-order valence-corrected chi connectivity index (χ1v) is 6.84. The van der Waals surface area contributed by atoms with Crippen LogP contribution < -0.4 is 16.6 Å². The number of nitrogens with zero attached hydrogens (tertiary/aromatic N) is 4. The molecule has 0 unspecified atom stereocenters. The van der Waals surface area contributed by atoms with Crippen molar-refractivity contribution < 1.29 is 0 Å². The fourth-order valence-electron chi connectivity index (χ4n) is 1.59. The van der Waals surface area contributed by atoms with E-state index in [-0.39, 0.29) is 5.95 Å². The number of aromatic nitrogens is 4. The second kappa shape index (κ2) is 5.33. The molecule has 0 amide bonds. The second-order valence-electron chi connectivity index (χ2n) is 3.71. The van der Waals surface area contributed by atoms with E-state index >= 15 is 0 Å². The van der Waals surface area contributed by atoms with Crippen LogP contribution in [0.2, 0.25) is 10.0 Å². The maximum Gasteiger partial charge on any atom is 0.239 e. The third-order valence-corrected chi connectivity index (χ3v) is 3.63. The highest BCUT2D eigenvalue weighted by molar-refractivity contribution is 7.00. The third-order valence-electron chi connectivity index (χ3n) is 2.49. The van der Waals surface area contributed by atoms with Gasteiger partial charge >= 0.3 is 0 Å². The average Bonchev–Trinajstić information content (AvgIpc) is 2.92. The van der Waals surface area contributed by atoms with Crippen LogP contribution in [0.4, 0.5) is 17.5 Å². The molecule has 0 saturated heterocycles. The van der Waals surface area contributed by atoms with Crippen LogP contribution in [0.25, 0.3) is 11.0 Å². The van der Waals surface area contributed by atoms with Crippen molar-refractivity contribution >= 4 is 63.4 Å². The summed E-state index contributed by atoms with van der Waals surface area (Å²) in [6.45, 7) is 0. The predicted octanol–water partition coefficient (Wildman–Crippen LogP) is 2.82. The molecule has 0 aliphatic carbocycles. The Balaban J connectivity index is 2.09. The van der Waals surface area contributed by atoms with Crippen LogP contribution >= 0.6 is 34.9 Å². The number of anilines is 3. The first kappa shape index (κ1) is 13.3. The van der Waals surface area contributed by atoms with Crippen molar-refractivity contribution in [1.29, 1.82) is 0 Å². The minimum atomic E-state index is 0.233. The van der Waals surface area contributed by atoms with E-state index in [1.807, 2.05) is 0 Å². The van der Waals surface area contributed by atoms with Gasteiger partial charge in [0.1, 0.15) is 16.1 Å². The summed E-state index contributed by atoms with van der Waals surface area (Å²) in [4.78, 5) is 8.02. The number of halogens is 2. The summed E-state index contributed by atoms with van der Waals surface area (Å²) >= 11 is 13.3. The number of nitrogen functional groups attached to an aromatic ring is 1. The zero-order chi connectivity index (χ0) is 14.1. The van der Waals surface area contributed by atoms with Crippen molar-refractivity contribution in [3.8, 4) is 0 Å².